The zero-order valence-electron chi connectivity index (χ0n) is 16.2. The van der Waals surface area contributed by atoms with Crippen LogP contribution in [0.15, 0.2) is 0 Å². The lowest BCUT2D eigenvalue weighted by Crippen LogP contribution is -1.88. The van der Waals surface area contributed by atoms with Gasteiger partial charge in [0.25, 0.3) is 5.97 Å². The van der Waals surface area contributed by atoms with Crippen molar-refractivity contribution >= 4 is 11.9 Å². The van der Waals surface area contributed by atoms with Crippen LogP contribution in [-0.4, -0.2) is 75.0 Å². The maximum atomic E-state index is 9.59. The van der Waals surface area contributed by atoms with Gasteiger partial charge in [0.1, 0.15) is 0 Å². The Bertz CT molecular complexity index is 161. The van der Waals surface area contributed by atoms with Crippen LogP contribution >= 0.6 is 0 Å². The monoisotopic (exact) mass is 346 g/mol. The second-order valence-electron chi connectivity index (χ2n) is 3.00. The highest BCUT2D eigenvalue weighted by Gasteiger charge is 1.75. The maximum absolute atomic E-state index is 9.59. The minimum Gasteiger partial charge on any atom is -0.481 e. The molecule has 0 atom stereocenters. The number of carbonyl (C=O) groups is 2. The van der Waals surface area contributed by atoms with E-state index in [1.807, 2.05) is 13.8 Å². The molecule has 0 rings (SSSR count). The van der Waals surface area contributed by atoms with Gasteiger partial charge in [0.15, 0.2) is 0 Å². The van der Waals surface area contributed by atoms with E-state index in [0.29, 0.717) is 0 Å². The molecule has 0 aromatic rings. The molecule has 0 bridgehead atoms. The molecule has 0 fully saturated rings. The van der Waals surface area contributed by atoms with Gasteiger partial charge in [-0.15, -0.1) is 0 Å². The van der Waals surface area contributed by atoms with Crippen molar-refractivity contribution < 1.29 is 39.1 Å². The summed E-state index contributed by atoms with van der Waals surface area (Å²) in [5.41, 5.74) is 0. The first-order chi connectivity index (χ1) is 10.7. The first-order valence-corrected chi connectivity index (χ1v) is 7.10. The minimum absolute atomic E-state index is 0.245. The summed E-state index contributed by atoms with van der Waals surface area (Å²) in [6.45, 7) is 11.9. The van der Waals surface area contributed by atoms with E-state index in [4.69, 9.17) is 20.1 Å². The number of aliphatic hydroxyl groups is 2. The fraction of sp³-hybridized carbons (Fsp3) is 0.867. The first-order valence-electron chi connectivity index (χ1n) is 7.10. The van der Waals surface area contributed by atoms with Crippen LogP contribution in [0.25, 0.3) is 0 Å². The van der Waals surface area contributed by atoms with Gasteiger partial charge in [-0.25, -0.2) is 0 Å². The van der Waals surface area contributed by atoms with Gasteiger partial charge in [0.05, 0.1) is 7.11 Å². The fourth-order valence-corrected chi connectivity index (χ4v) is 0. The van der Waals surface area contributed by atoms with E-state index in [2.05, 4.69) is 14.2 Å². The Morgan fingerprint density at radius 3 is 0.870 bits per heavy atom. The van der Waals surface area contributed by atoms with Gasteiger partial charge in [0.2, 0.25) is 0 Å². The van der Waals surface area contributed by atoms with Crippen LogP contribution in [0.2, 0.25) is 0 Å². The molecular formula is C15H38O8. The predicted molar refractivity (Wildman–Crippen MR) is 91.6 cm³/mol. The van der Waals surface area contributed by atoms with Crippen molar-refractivity contribution in [3.63, 3.8) is 0 Å². The fourth-order valence-electron chi connectivity index (χ4n) is 0. The van der Waals surface area contributed by atoms with Crippen molar-refractivity contribution in [2.75, 3.05) is 47.8 Å². The molecule has 0 aliphatic heterocycles. The van der Waals surface area contributed by atoms with Crippen LogP contribution in [0.5, 0.6) is 0 Å². The normalized spacial score (nSPS) is 6.74. The van der Waals surface area contributed by atoms with E-state index < -0.39 is 5.97 Å². The standard InChI is InChI=1S/C3H6O2.2C3H8O.C2H4O2.2C2H6O/c1-3(4)5-2;2*1-3-4-2;1-2(3)4;2*1-2-3/h1-2H3;2*3H2,1-2H3;1H3,(H,3,4);2*3H,2H2,1H3. The van der Waals surface area contributed by atoms with Crippen molar-refractivity contribution in [3.05, 3.63) is 0 Å². The largest absolute Gasteiger partial charge is 0.481 e. The third-order valence-corrected chi connectivity index (χ3v) is 0.865. The lowest BCUT2D eigenvalue weighted by molar-refractivity contribution is -0.138. The topological polar surface area (TPSA) is 123 Å². The minimum atomic E-state index is -0.833. The third kappa shape index (κ3) is 948. The van der Waals surface area contributed by atoms with Gasteiger partial charge in [-0.1, -0.05) is 0 Å². The van der Waals surface area contributed by atoms with Gasteiger partial charge in [-0.3, -0.25) is 9.59 Å². The maximum Gasteiger partial charge on any atom is 0.302 e. The summed E-state index contributed by atoms with van der Waals surface area (Å²) < 4.78 is 13.2. The number of rotatable bonds is 2. The molecule has 0 aliphatic carbocycles. The molecule has 0 saturated carbocycles. The summed E-state index contributed by atoms with van der Waals surface area (Å²) in [5, 5.41) is 22.6. The Hall–Kier alpha value is -1.22. The van der Waals surface area contributed by atoms with Crippen molar-refractivity contribution in [3.8, 4) is 0 Å². The molecule has 0 radical (unpaired) electrons. The Balaban J connectivity index is -0.0000000381. The molecule has 8 nitrogen and oxygen atoms in total. The number of methoxy groups -OCH3 is 3. The predicted octanol–water partition coefficient (Wildman–Crippen LogP) is 1.57. The number of hydrogen-bond donors (Lipinski definition) is 3. The number of aliphatic hydroxyl groups excluding tert-OH is 2. The Kier molecular flexibility index (Phi) is 96.2. The van der Waals surface area contributed by atoms with Crippen molar-refractivity contribution in [1.82, 2.24) is 0 Å². The van der Waals surface area contributed by atoms with Crippen molar-refractivity contribution in [2.45, 2.75) is 41.5 Å². The summed E-state index contributed by atoms with van der Waals surface area (Å²) >= 11 is 0. The van der Waals surface area contributed by atoms with Crippen LogP contribution in [0.1, 0.15) is 41.5 Å². The average Bonchev–Trinajstić information content (AvgIpc) is 2.48. The van der Waals surface area contributed by atoms with Crippen LogP contribution in [0, 0.1) is 0 Å². The molecule has 23 heavy (non-hydrogen) atoms. The summed E-state index contributed by atoms with van der Waals surface area (Å²) in [7, 11) is 4.71. The number of esters is 1. The van der Waals surface area contributed by atoms with E-state index >= 15 is 0 Å². The average molecular weight is 346 g/mol. The van der Waals surface area contributed by atoms with Crippen LogP contribution in [0.3, 0.4) is 0 Å². The Morgan fingerprint density at radius 1 is 0.783 bits per heavy atom. The van der Waals surface area contributed by atoms with E-state index in [1.165, 1.54) is 14.0 Å². The quantitative estimate of drug-likeness (QED) is 0.644. The highest BCUT2D eigenvalue weighted by Crippen LogP contribution is 1.60. The van der Waals surface area contributed by atoms with E-state index in [1.54, 1.807) is 28.1 Å². The van der Waals surface area contributed by atoms with E-state index in [9.17, 15) is 4.79 Å². The Labute approximate surface area is 141 Å². The lowest BCUT2D eigenvalue weighted by Gasteiger charge is -1.80. The van der Waals surface area contributed by atoms with Gasteiger partial charge < -0.3 is 29.5 Å². The molecule has 146 valence electrons. The molecular weight excluding hydrogens is 308 g/mol. The van der Waals surface area contributed by atoms with Gasteiger partial charge in [-0.05, 0) is 27.7 Å². The summed E-state index contributed by atoms with van der Waals surface area (Å²) in [4.78, 5) is 18.6. The van der Waals surface area contributed by atoms with Crippen LogP contribution in [-0.2, 0) is 23.8 Å². The molecule has 0 unspecified atom stereocenters. The van der Waals surface area contributed by atoms with Crippen LogP contribution in [0.4, 0.5) is 0 Å². The number of aliphatic carboxylic acids is 1. The summed E-state index contributed by atoms with van der Waals surface area (Å²) in [5.74, 6) is -1.08. The molecule has 0 saturated heterocycles. The Morgan fingerprint density at radius 2 is 0.870 bits per heavy atom. The molecule has 0 aromatic carbocycles. The number of ether oxygens (including phenoxy) is 3. The van der Waals surface area contributed by atoms with E-state index in [0.717, 1.165) is 20.1 Å². The number of carboxylic acids is 1. The molecule has 0 spiro atoms. The van der Waals surface area contributed by atoms with E-state index in [-0.39, 0.29) is 19.2 Å². The highest BCUT2D eigenvalue weighted by atomic mass is 16.5. The number of hydrogen-bond acceptors (Lipinski definition) is 7. The van der Waals surface area contributed by atoms with Gasteiger partial charge >= 0.3 is 5.97 Å². The third-order valence-electron chi connectivity index (χ3n) is 0.865. The molecule has 0 amide bonds. The summed E-state index contributed by atoms with van der Waals surface area (Å²) in [6.07, 6.45) is 0. The SMILES string of the molecule is CC(=O)O.CCO.CCO.CCOC.CCOC.COC(C)=O. The second-order valence-corrected chi connectivity index (χ2v) is 3.00. The van der Waals surface area contributed by atoms with Crippen LogP contribution < -0.4 is 0 Å². The number of carbonyl (C=O) groups excluding carboxylic acids is 1. The molecule has 0 aromatic heterocycles. The lowest BCUT2D eigenvalue weighted by atomic mass is 10.8. The zero-order valence-corrected chi connectivity index (χ0v) is 16.2. The smallest absolute Gasteiger partial charge is 0.302 e. The van der Waals surface area contributed by atoms with Gasteiger partial charge in [-0.2, -0.15) is 0 Å². The molecule has 3 N–H and O–H groups in total. The van der Waals surface area contributed by atoms with Gasteiger partial charge in [0, 0.05) is 54.5 Å². The van der Waals surface area contributed by atoms with Crippen molar-refractivity contribution in [2.24, 2.45) is 0 Å². The zero-order chi connectivity index (χ0) is 20.1. The van der Waals surface area contributed by atoms with Crippen molar-refractivity contribution in [1.29, 1.82) is 0 Å². The second kappa shape index (κ2) is 58.6. The molecule has 8 heteroatoms. The highest BCUT2D eigenvalue weighted by molar-refractivity contribution is 5.65. The number of carboxylic acid groups (broad SMARTS) is 1. The first kappa shape index (κ1) is 37.8. The molecule has 0 aliphatic rings. The summed E-state index contributed by atoms with van der Waals surface area (Å²) in [6, 6.07) is 0. The molecule has 0 heterocycles.